The Morgan fingerprint density at radius 2 is 2.31 bits per heavy atom. The zero-order valence-electron chi connectivity index (χ0n) is 8.95. The summed E-state index contributed by atoms with van der Waals surface area (Å²) in [6, 6.07) is 6.03. The molecule has 80 valence electrons. The van der Waals surface area contributed by atoms with Gasteiger partial charge in [0.25, 0.3) is 0 Å². The molecule has 1 N–H and O–H groups in total. The minimum Gasteiger partial charge on any atom is -0.282 e. The van der Waals surface area contributed by atoms with Crippen molar-refractivity contribution in [2.45, 2.75) is 25.3 Å². The zero-order valence-corrected chi connectivity index (χ0v) is 8.95. The standard InChI is InChI=1S/C12H11N3O/c1-8-10-6-9(2-3-11(10)15-14-8)12(4-5-12)13-7-16/h2-3,6H,4-5H2,1H3,(H,14,15). The Morgan fingerprint density at radius 1 is 1.50 bits per heavy atom. The van der Waals surface area contributed by atoms with Crippen molar-refractivity contribution >= 4 is 17.0 Å². The molecule has 4 nitrogen and oxygen atoms in total. The van der Waals surface area contributed by atoms with Crippen LogP contribution in [0.3, 0.4) is 0 Å². The average Bonchev–Trinajstić information content (AvgIpc) is 2.99. The monoisotopic (exact) mass is 213 g/mol. The second kappa shape index (κ2) is 3.03. The van der Waals surface area contributed by atoms with E-state index >= 15 is 0 Å². The third-order valence-electron chi connectivity index (χ3n) is 3.27. The van der Waals surface area contributed by atoms with Crippen LogP contribution < -0.4 is 0 Å². The SMILES string of the molecule is Cc1[nH]nc2ccc(C3(N=C=O)CC3)cc12. The highest BCUT2D eigenvalue weighted by Gasteiger charge is 2.44. The van der Waals surface area contributed by atoms with Crippen LogP contribution in [-0.2, 0) is 10.3 Å². The Balaban J connectivity index is 2.18. The summed E-state index contributed by atoms with van der Waals surface area (Å²) in [4.78, 5) is 14.3. The number of aliphatic imine (C=N–C) groups is 1. The van der Waals surface area contributed by atoms with Gasteiger partial charge >= 0.3 is 0 Å². The molecule has 4 heteroatoms. The first-order valence-electron chi connectivity index (χ1n) is 5.29. The van der Waals surface area contributed by atoms with Crippen molar-refractivity contribution in [3.8, 4) is 0 Å². The van der Waals surface area contributed by atoms with Crippen molar-refractivity contribution in [3.05, 3.63) is 29.5 Å². The Morgan fingerprint density at radius 3 is 3.00 bits per heavy atom. The van der Waals surface area contributed by atoms with Crippen molar-refractivity contribution in [1.82, 2.24) is 10.2 Å². The first-order chi connectivity index (χ1) is 7.75. The lowest BCUT2D eigenvalue weighted by Crippen LogP contribution is -2.01. The fourth-order valence-electron chi connectivity index (χ4n) is 2.10. The predicted molar refractivity (Wildman–Crippen MR) is 59.9 cm³/mol. The molecule has 0 aliphatic heterocycles. The van der Waals surface area contributed by atoms with E-state index in [1.165, 1.54) is 0 Å². The molecule has 3 rings (SSSR count). The van der Waals surface area contributed by atoms with Gasteiger partial charge < -0.3 is 0 Å². The molecule has 0 unspecified atom stereocenters. The summed E-state index contributed by atoms with van der Waals surface area (Å²) in [5.74, 6) is 0. The Hall–Kier alpha value is -1.93. The van der Waals surface area contributed by atoms with E-state index in [0.29, 0.717) is 0 Å². The molecule has 0 saturated heterocycles. The van der Waals surface area contributed by atoms with Crippen LogP contribution in [0, 0.1) is 6.92 Å². The first kappa shape index (κ1) is 9.31. The highest BCUT2D eigenvalue weighted by Crippen LogP contribution is 2.49. The molecule has 16 heavy (non-hydrogen) atoms. The molecule has 1 aromatic carbocycles. The second-order valence-corrected chi connectivity index (χ2v) is 4.32. The molecule has 2 aromatic rings. The molecule has 1 aromatic heterocycles. The third kappa shape index (κ3) is 1.20. The van der Waals surface area contributed by atoms with E-state index in [2.05, 4.69) is 21.3 Å². The summed E-state index contributed by atoms with van der Waals surface area (Å²) >= 11 is 0. The molecular formula is C12H11N3O. The van der Waals surface area contributed by atoms with Crippen molar-refractivity contribution in [2.75, 3.05) is 0 Å². The molecule has 1 aliphatic rings. The number of hydrogen-bond acceptors (Lipinski definition) is 3. The lowest BCUT2D eigenvalue weighted by atomic mass is 10.0. The highest BCUT2D eigenvalue weighted by molar-refractivity contribution is 5.82. The molecule has 0 bridgehead atoms. The summed E-state index contributed by atoms with van der Waals surface area (Å²) in [5, 5.41) is 8.23. The number of aromatic amines is 1. The quantitative estimate of drug-likeness (QED) is 0.614. The van der Waals surface area contributed by atoms with Crippen LogP contribution in [0.2, 0.25) is 0 Å². The van der Waals surface area contributed by atoms with Crippen molar-refractivity contribution in [3.63, 3.8) is 0 Å². The van der Waals surface area contributed by atoms with E-state index in [0.717, 1.165) is 35.0 Å². The molecule has 1 heterocycles. The second-order valence-electron chi connectivity index (χ2n) is 4.32. The molecule has 0 amide bonds. The van der Waals surface area contributed by atoms with E-state index < -0.39 is 0 Å². The number of nitrogens with zero attached hydrogens (tertiary/aromatic N) is 2. The van der Waals surface area contributed by atoms with Crippen LogP contribution in [0.1, 0.15) is 24.1 Å². The van der Waals surface area contributed by atoms with Crippen molar-refractivity contribution in [1.29, 1.82) is 0 Å². The van der Waals surface area contributed by atoms with E-state index in [-0.39, 0.29) is 5.54 Å². The van der Waals surface area contributed by atoms with Gasteiger partial charge in [-0.05, 0) is 37.5 Å². The van der Waals surface area contributed by atoms with E-state index in [1.807, 2.05) is 19.1 Å². The first-order valence-corrected chi connectivity index (χ1v) is 5.29. The molecule has 1 saturated carbocycles. The van der Waals surface area contributed by atoms with Crippen LogP contribution in [0.4, 0.5) is 0 Å². The van der Waals surface area contributed by atoms with Crippen LogP contribution in [0.5, 0.6) is 0 Å². The average molecular weight is 213 g/mol. The number of aryl methyl sites for hydroxylation is 1. The maximum absolute atomic E-state index is 10.4. The number of fused-ring (bicyclic) bond motifs is 1. The van der Waals surface area contributed by atoms with Gasteiger partial charge in [0.15, 0.2) is 0 Å². The van der Waals surface area contributed by atoms with Crippen LogP contribution in [0.25, 0.3) is 10.9 Å². The maximum Gasteiger partial charge on any atom is 0.235 e. The van der Waals surface area contributed by atoms with Gasteiger partial charge in [0.2, 0.25) is 6.08 Å². The summed E-state index contributed by atoms with van der Waals surface area (Å²) in [7, 11) is 0. The summed E-state index contributed by atoms with van der Waals surface area (Å²) in [5.41, 5.74) is 2.79. The number of rotatable bonds is 2. The topological polar surface area (TPSA) is 58.1 Å². The number of benzene rings is 1. The lowest BCUT2D eigenvalue weighted by Gasteiger charge is -2.07. The van der Waals surface area contributed by atoms with Crippen LogP contribution >= 0.6 is 0 Å². The van der Waals surface area contributed by atoms with Gasteiger partial charge in [-0.15, -0.1) is 0 Å². The minimum absolute atomic E-state index is 0.292. The molecule has 0 spiro atoms. The van der Waals surface area contributed by atoms with Gasteiger partial charge in [-0.3, -0.25) is 5.10 Å². The Labute approximate surface area is 92.4 Å². The fraction of sp³-hybridized carbons (Fsp3) is 0.333. The Kier molecular flexibility index (Phi) is 1.76. The molecule has 0 radical (unpaired) electrons. The Bertz CT molecular complexity index is 604. The summed E-state index contributed by atoms with van der Waals surface area (Å²) in [6.45, 7) is 1.99. The number of isocyanates is 1. The highest BCUT2D eigenvalue weighted by atomic mass is 16.1. The number of H-pyrrole nitrogens is 1. The van der Waals surface area contributed by atoms with Crippen molar-refractivity contribution in [2.24, 2.45) is 4.99 Å². The third-order valence-corrected chi connectivity index (χ3v) is 3.27. The molecule has 1 fully saturated rings. The summed E-state index contributed by atoms with van der Waals surface area (Å²) in [6.07, 6.45) is 3.55. The largest absolute Gasteiger partial charge is 0.282 e. The van der Waals surface area contributed by atoms with Crippen LogP contribution in [0.15, 0.2) is 23.2 Å². The van der Waals surface area contributed by atoms with E-state index in [4.69, 9.17) is 0 Å². The number of nitrogens with one attached hydrogen (secondary N) is 1. The van der Waals surface area contributed by atoms with Gasteiger partial charge in [-0.1, -0.05) is 6.07 Å². The maximum atomic E-state index is 10.4. The number of carbonyl (C=O) groups excluding carboxylic acids is 1. The van der Waals surface area contributed by atoms with Gasteiger partial charge in [0.05, 0.1) is 11.1 Å². The number of aromatic nitrogens is 2. The van der Waals surface area contributed by atoms with Gasteiger partial charge in [-0.25, -0.2) is 4.79 Å². The van der Waals surface area contributed by atoms with Gasteiger partial charge in [-0.2, -0.15) is 10.1 Å². The molecule has 0 atom stereocenters. The van der Waals surface area contributed by atoms with E-state index in [9.17, 15) is 4.79 Å². The fourth-order valence-corrected chi connectivity index (χ4v) is 2.10. The van der Waals surface area contributed by atoms with Crippen molar-refractivity contribution < 1.29 is 4.79 Å². The normalized spacial score (nSPS) is 17.1. The molecule has 1 aliphatic carbocycles. The zero-order chi connectivity index (χ0) is 11.2. The predicted octanol–water partition coefficient (Wildman–Crippen LogP) is 2.20. The van der Waals surface area contributed by atoms with Crippen LogP contribution in [-0.4, -0.2) is 16.3 Å². The van der Waals surface area contributed by atoms with Gasteiger partial charge in [0.1, 0.15) is 0 Å². The smallest absolute Gasteiger partial charge is 0.235 e. The summed E-state index contributed by atoms with van der Waals surface area (Å²) < 4.78 is 0. The van der Waals surface area contributed by atoms with E-state index in [1.54, 1.807) is 6.08 Å². The molecular weight excluding hydrogens is 202 g/mol. The minimum atomic E-state index is -0.292. The van der Waals surface area contributed by atoms with Gasteiger partial charge in [0, 0.05) is 11.1 Å². The number of hydrogen-bond donors (Lipinski definition) is 1. The lowest BCUT2D eigenvalue weighted by molar-refractivity contribution is 0.556.